The minimum atomic E-state index is -4.16. The number of aliphatic hydroxyl groups is 1. The lowest BCUT2D eigenvalue weighted by Crippen LogP contribution is -2.43. The van der Waals surface area contributed by atoms with Crippen molar-refractivity contribution in [2.75, 3.05) is 20.3 Å². The van der Waals surface area contributed by atoms with E-state index >= 15 is 0 Å². The second-order valence-corrected chi connectivity index (χ2v) is 13.9. The molecule has 0 saturated heterocycles. The fourth-order valence-electron chi connectivity index (χ4n) is 4.92. The number of carbonyl (C=O) groups excluding carboxylic acids is 1. The van der Waals surface area contributed by atoms with Gasteiger partial charge >= 0.3 is 5.97 Å². The maximum absolute atomic E-state index is 13.0. The fourth-order valence-corrected chi connectivity index (χ4v) is 6.94. The normalized spacial score (nSPS) is 16.7. The van der Waals surface area contributed by atoms with E-state index in [0.29, 0.717) is 5.56 Å². The highest BCUT2D eigenvalue weighted by molar-refractivity contribution is 7.87. The highest BCUT2D eigenvalue weighted by Gasteiger charge is 2.46. The van der Waals surface area contributed by atoms with Crippen molar-refractivity contribution in [1.29, 1.82) is 0 Å². The van der Waals surface area contributed by atoms with Crippen LogP contribution in [0.4, 0.5) is 0 Å². The Hall–Kier alpha value is -3.09. The van der Waals surface area contributed by atoms with E-state index in [0.717, 1.165) is 11.1 Å². The van der Waals surface area contributed by atoms with Crippen molar-refractivity contribution in [2.24, 2.45) is 5.41 Å². The molecule has 1 saturated carbocycles. The Morgan fingerprint density at radius 3 is 1.61 bits per heavy atom. The summed E-state index contributed by atoms with van der Waals surface area (Å²) in [4.78, 5) is 12.3. The zero-order valence-corrected chi connectivity index (χ0v) is 24.8. The lowest BCUT2D eigenvalue weighted by atomic mass is 9.67. The quantitative estimate of drug-likeness (QED) is 0.260. The third kappa shape index (κ3) is 7.04. The Balaban J connectivity index is 1.60. The van der Waals surface area contributed by atoms with Crippen molar-refractivity contribution in [3.8, 4) is 0 Å². The third-order valence-corrected chi connectivity index (χ3v) is 10.2. The number of hydrogen-bond donors (Lipinski definition) is 1. The number of esters is 1. The maximum Gasteiger partial charge on any atom is 0.338 e. The molecule has 0 radical (unpaired) electrons. The number of rotatable bonds is 10. The van der Waals surface area contributed by atoms with Crippen molar-refractivity contribution < 1.29 is 39.8 Å². The van der Waals surface area contributed by atoms with Crippen LogP contribution in [0.15, 0.2) is 82.6 Å². The largest absolute Gasteiger partial charge is 0.465 e. The van der Waals surface area contributed by atoms with Gasteiger partial charge in [0.2, 0.25) is 0 Å². The van der Waals surface area contributed by atoms with Gasteiger partial charge in [0.05, 0.1) is 41.3 Å². The van der Waals surface area contributed by atoms with Crippen molar-refractivity contribution in [3.63, 3.8) is 0 Å². The van der Waals surface area contributed by atoms with E-state index in [1.807, 2.05) is 13.8 Å². The number of carbonyl (C=O) groups is 1. The number of hydrogen-bond acceptors (Lipinski definition) is 9. The molecular weight excluding hydrogens is 568 g/mol. The fraction of sp³-hybridized carbons (Fsp3) is 0.367. The zero-order chi connectivity index (χ0) is 29.9. The number of methoxy groups -OCH3 is 1. The van der Waals surface area contributed by atoms with Crippen LogP contribution in [-0.4, -0.2) is 48.2 Å². The van der Waals surface area contributed by atoms with Crippen LogP contribution in [0.25, 0.3) is 0 Å². The highest BCUT2D eigenvalue weighted by Crippen LogP contribution is 2.47. The summed E-state index contributed by atoms with van der Waals surface area (Å²) in [6.45, 7) is 2.95. The van der Waals surface area contributed by atoms with Gasteiger partial charge < -0.3 is 9.84 Å². The van der Waals surface area contributed by atoms with Gasteiger partial charge in [0.25, 0.3) is 20.2 Å². The molecule has 9 nitrogen and oxygen atoms in total. The van der Waals surface area contributed by atoms with E-state index in [9.17, 15) is 26.7 Å². The summed E-state index contributed by atoms with van der Waals surface area (Å²) in [5.74, 6) is -0.592. The van der Waals surface area contributed by atoms with Gasteiger partial charge in [0.1, 0.15) is 0 Å². The Bertz CT molecular complexity index is 1500. The van der Waals surface area contributed by atoms with E-state index in [4.69, 9.17) is 13.1 Å². The van der Waals surface area contributed by atoms with Crippen LogP contribution in [0.3, 0.4) is 0 Å². The van der Waals surface area contributed by atoms with Crippen LogP contribution in [-0.2, 0) is 38.9 Å². The van der Waals surface area contributed by atoms with Crippen molar-refractivity contribution in [3.05, 3.63) is 95.1 Å². The lowest BCUT2D eigenvalue weighted by molar-refractivity contribution is -0.0627. The van der Waals surface area contributed by atoms with Gasteiger partial charge in [0, 0.05) is 5.41 Å². The lowest BCUT2D eigenvalue weighted by Gasteiger charge is -2.44. The first-order valence-electron chi connectivity index (χ1n) is 13.1. The molecule has 11 heteroatoms. The van der Waals surface area contributed by atoms with E-state index in [-0.39, 0.29) is 54.3 Å². The monoisotopic (exact) mass is 602 g/mol. The first-order valence-corrected chi connectivity index (χ1v) is 15.9. The Morgan fingerprint density at radius 2 is 1.17 bits per heavy atom. The molecule has 0 bridgehead atoms. The molecule has 3 aromatic carbocycles. The zero-order valence-electron chi connectivity index (χ0n) is 23.2. The van der Waals surface area contributed by atoms with Gasteiger partial charge in [-0.15, -0.1) is 0 Å². The number of benzene rings is 3. The molecule has 0 amide bonds. The maximum atomic E-state index is 13.0. The molecule has 220 valence electrons. The summed E-state index contributed by atoms with van der Waals surface area (Å²) in [6.07, 6.45) is 0.517. The number of aryl methyl sites for hydroxylation is 2. The molecule has 0 aliphatic heterocycles. The highest BCUT2D eigenvalue weighted by atomic mass is 32.2. The molecule has 0 aromatic heterocycles. The van der Waals surface area contributed by atoms with Gasteiger partial charge in [0.15, 0.2) is 0 Å². The van der Waals surface area contributed by atoms with Crippen molar-refractivity contribution in [1.82, 2.24) is 0 Å². The van der Waals surface area contributed by atoms with Crippen LogP contribution in [0, 0.1) is 19.3 Å². The summed E-state index contributed by atoms with van der Waals surface area (Å²) >= 11 is 0. The minimum absolute atomic E-state index is 0.0224. The SMILES string of the molecule is COC(=O)c1ccccc1C1(O)CCC(COS(=O)(=O)c2ccc(C)cc2)(COS(=O)(=O)c2ccc(C)cc2)CC1. The summed E-state index contributed by atoms with van der Waals surface area (Å²) in [5, 5.41) is 11.6. The third-order valence-electron chi connectivity index (χ3n) is 7.63. The molecular formula is C30H34O9S2. The number of ether oxygens (including phenoxy) is 1. The topological polar surface area (TPSA) is 133 Å². The predicted molar refractivity (Wildman–Crippen MR) is 151 cm³/mol. The molecule has 0 heterocycles. The second-order valence-electron chi connectivity index (χ2n) is 10.6. The van der Waals surface area contributed by atoms with Crippen LogP contribution in [0.5, 0.6) is 0 Å². The van der Waals surface area contributed by atoms with Gasteiger partial charge in [-0.1, -0.05) is 53.6 Å². The van der Waals surface area contributed by atoms with Gasteiger partial charge in [-0.3, -0.25) is 8.37 Å². The van der Waals surface area contributed by atoms with Crippen LogP contribution in [0.1, 0.15) is 52.7 Å². The van der Waals surface area contributed by atoms with Gasteiger partial charge in [-0.05, 0) is 75.4 Å². The molecule has 1 fully saturated rings. The summed E-state index contributed by atoms with van der Waals surface area (Å²) in [7, 11) is -7.06. The van der Waals surface area contributed by atoms with E-state index < -0.39 is 37.2 Å². The average Bonchev–Trinajstić information content (AvgIpc) is 2.96. The summed E-state index contributed by atoms with van der Waals surface area (Å²) in [6, 6.07) is 19.0. The molecule has 4 rings (SSSR count). The average molecular weight is 603 g/mol. The van der Waals surface area contributed by atoms with Gasteiger partial charge in [-0.2, -0.15) is 16.8 Å². The molecule has 0 spiro atoms. The minimum Gasteiger partial charge on any atom is -0.465 e. The Morgan fingerprint density at radius 1 is 0.732 bits per heavy atom. The predicted octanol–water partition coefficient (Wildman–Crippen LogP) is 4.65. The summed E-state index contributed by atoms with van der Waals surface area (Å²) in [5.41, 5.74) is -0.117. The molecule has 1 N–H and O–H groups in total. The standard InChI is InChI=1S/C30H34O9S2/c1-22-8-12-24(13-9-22)40(33,34)38-20-29(21-39-41(35,36)25-14-10-23(2)11-15-25)16-18-30(32,19-17-29)27-7-5-4-6-26(27)28(31)37-3/h4-15,32H,16-21H2,1-3H3. The summed E-state index contributed by atoms with van der Waals surface area (Å²) < 4.78 is 67.9. The van der Waals surface area contributed by atoms with Gasteiger partial charge in [-0.25, -0.2) is 4.79 Å². The van der Waals surface area contributed by atoms with E-state index in [1.54, 1.807) is 48.5 Å². The van der Waals surface area contributed by atoms with Crippen molar-refractivity contribution >= 4 is 26.2 Å². The molecule has 0 unspecified atom stereocenters. The Labute approximate surface area is 241 Å². The second kappa shape index (κ2) is 12.0. The molecule has 41 heavy (non-hydrogen) atoms. The Kier molecular flexibility index (Phi) is 9.05. The van der Waals surface area contributed by atoms with Crippen LogP contribution < -0.4 is 0 Å². The molecule has 1 aliphatic rings. The molecule has 3 aromatic rings. The first kappa shape index (κ1) is 30.9. The smallest absolute Gasteiger partial charge is 0.338 e. The van der Waals surface area contributed by atoms with Crippen LogP contribution >= 0.6 is 0 Å². The first-order chi connectivity index (χ1) is 19.3. The van der Waals surface area contributed by atoms with E-state index in [1.165, 1.54) is 31.4 Å². The van der Waals surface area contributed by atoms with E-state index in [2.05, 4.69) is 0 Å². The molecule has 0 atom stereocenters. The van der Waals surface area contributed by atoms with Crippen molar-refractivity contribution in [2.45, 2.75) is 54.9 Å². The molecule has 1 aliphatic carbocycles. The van der Waals surface area contributed by atoms with Crippen LogP contribution in [0.2, 0.25) is 0 Å².